The first-order valence-electron chi connectivity index (χ1n) is 3.90. The van der Waals surface area contributed by atoms with Crippen LogP contribution < -0.4 is 5.73 Å². The molecule has 1 aliphatic heterocycles. The van der Waals surface area contributed by atoms with Crippen LogP contribution in [0.4, 0.5) is 0 Å². The summed E-state index contributed by atoms with van der Waals surface area (Å²) in [5.41, 5.74) is 5.38. The van der Waals surface area contributed by atoms with Crippen LogP contribution in [0.5, 0.6) is 0 Å². The van der Waals surface area contributed by atoms with Crippen molar-refractivity contribution in [2.75, 3.05) is 32.8 Å². The number of nitrogens with zero attached hydrogens (tertiary/aromatic N) is 1. The molecule has 0 bridgehead atoms. The maximum Gasteiger partial charge on any atom is 0.0828 e. The van der Waals surface area contributed by atoms with Crippen LogP contribution in [0, 0.1) is 0 Å². The molecule has 10 heavy (non-hydrogen) atoms. The molecule has 1 fully saturated rings. The van der Waals surface area contributed by atoms with Gasteiger partial charge >= 0.3 is 0 Å². The molecule has 3 nitrogen and oxygen atoms in total. The summed E-state index contributed by atoms with van der Waals surface area (Å²) in [6.07, 6.45) is 0.483. The molecule has 1 saturated heterocycles. The third kappa shape index (κ3) is 1.94. The monoisotopic (exact) mass is 144 g/mol. The predicted molar refractivity (Wildman–Crippen MR) is 40.9 cm³/mol. The molecule has 0 aromatic carbocycles. The average Bonchev–Trinajstić information content (AvgIpc) is 1.84. The molecule has 0 amide bonds. The average molecular weight is 144 g/mol. The fourth-order valence-corrected chi connectivity index (χ4v) is 1.23. The lowest BCUT2D eigenvalue weighted by molar-refractivity contribution is -0.0479. The topological polar surface area (TPSA) is 38.5 Å². The second-order valence-corrected chi connectivity index (χ2v) is 2.63. The first-order chi connectivity index (χ1) is 4.86. The van der Waals surface area contributed by atoms with Crippen molar-refractivity contribution in [1.29, 1.82) is 0 Å². The van der Waals surface area contributed by atoms with E-state index in [9.17, 15) is 0 Å². The molecule has 0 saturated carbocycles. The first kappa shape index (κ1) is 7.98. The van der Waals surface area contributed by atoms with Crippen LogP contribution in [0.1, 0.15) is 6.92 Å². The molecule has 0 aromatic rings. The van der Waals surface area contributed by atoms with Gasteiger partial charge in [-0.3, -0.25) is 4.90 Å². The van der Waals surface area contributed by atoms with E-state index >= 15 is 0 Å². The molecule has 2 N–H and O–H groups in total. The third-order valence-corrected chi connectivity index (χ3v) is 1.77. The van der Waals surface area contributed by atoms with Crippen LogP contribution in [-0.2, 0) is 4.74 Å². The zero-order valence-electron chi connectivity index (χ0n) is 6.55. The van der Waals surface area contributed by atoms with Gasteiger partial charge in [-0.15, -0.1) is 0 Å². The van der Waals surface area contributed by atoms with Gasteiger partial charge in [0.15, 0.2) is 0 Å². The minimum atomic E-state index is 0.483. The molecule has 1 aliphatic rings. The fourth-order valence-electron chi connectivity index (χ4n) is 1.23. The molecule has 3 heteroatoms. The molecule has 0 aliphatic carbocycles. The Morgan fingerprint density at radius 1 is 1.60 bits per heavy atom. The Kier molecular flexibility index (Phi) is 3.12. The van der Waals surface area contributed by atoms with Gasteiger partial charge in [-0.1, -0.05) is 0 Å². The summed E-state index contributed by atoms with van der Waals surface area (Å²) < 4.78 is 5.37. The number of hydrogen-bond acceptors (Lipinski definition) is 3. The van der Waals surface area contributed by atoms with Gasteiger partial charge in [0.05, 0.1) is 6.10 Å². The van der Waals surface area contributed by atoms with Gasteiger partial charge in [0, 0.05) is 32.8 Å². The lowest BCUT2D eigenvalue weighted by Crippen LogP contribution is -2.53. The normalized spacial score (nSPS) is 21.0. The molecular formula is C7H16N2O. The Balaban J connectivity index is 1.95. The van der Waals surface area contributed by atoms with Crippen LogP contribution in [0.3, 0.4) is 0 Å². The zero-order valence-corrected chi connectivity index (χ0v) is 6.55. The van der Waals surface area contributed by atoms with E-state index in [1.165, 1.54) is 0 Å². The summed E-state index contributed by atoms with van der Waals surface area (Å²) in [6, 6.07) is 0. The fraction of sp³-hybridized carbons (Fsp3) is 1.00. The second kappa shape index (κ2) is 3.91. The highest BCUT2D eigenvalue weighted by Gasteiger charge is 2.25. The number of likely N-dealkylation sites (tertiary alicyclic amines) is 1. The Hall–Kier alpha value is -0.120. The van der Waals surface area contributed by atoms with Gasteiger partial charge < -0.3 is 10.5 Å². The van der Waals surface area contributed by atoms with Gasteiger partial charge in [-0.2, -0.15) is 0 Å². The predicted octanol–water partition coefficient (Wildman–Crippen LogP) is -0.334. The molecule has 0 unspecified atom stereocenters. The van der Waals surface area contributed by atoms with E-state index in [0.29, 0.717) is 6.10 Å². The molecule has 0 atom stereocenters. The van der Waals surface area contributed by atoms with Crippen molar-refractivity contribution in [3.05, 3.63) is 0 Å². The van der Waals surface area contributed by atoms with Crippen molar-refractivity contribution in [2.45, 2.75) is 13.0 Å². The van der Waals surface area contributed by atoms with Crippen LogP contribution in [0.25, 0.3) is 0 Å². The maximum absolute atomic E-state index is 5.38. The number of hydrogen-bond donors (Lipinski definition) is 1. The molecular weight excluding hydrogens is 128 g/mol. The molecule has 1 heterocycles. The lowest BCUT2D eigenvalue weighted by Gasteiger charge is -2.38. The Morgan fingerprint density at radius 3 is 2.80 bits per heavy atom. The lowest BCUT2D eigenvalue weighted by atomic mass is 10.2. The number of rotatable bonds is 4. The van der Waals surface area contributed by atoms with Gasteiger partial charge in [0.2, 0.25) is 0 Å². The van der Waals surface area contributed by atoms with E-state index in [1.807, 2.05) is 6.92 Å². The Labute approximate surface area is 62.1 Å². The van der Waals surface area contributed by atoms with Crippen molar-refractivity contribution < 1.29 is 4.74 Å². The summed E-state index contributed by atoms with van der Waals surface area (Å²) >= 11 is 0. The minimum Gasteiger partial charge on any atom is -0.376 e. The summed E-state index contributed by atoms with van der Waals surface area (Å²) in [5, 5.41) is 0. The highest BCUT2D eigenvalue weighted by atomic mass is 16.5. The summed E-state index contributed by atoms with van der Waals surface area (Å²) in [4.78, 5) is 2.31. The number of nitrogens with two attached hydrogens (primary N) is 1. The standard InChI is InChI=1S/C7H16N2O/c1-2-10-7-5-9(6-7)4-3-8/h7H,2-6,8H2,1H3. The summed E-state index contributed by atoms with van der Waals surface area (Å²) in [7, 11) is 0. The second-order valence-electron chi connectivity index (χ2n) is 2.63. The summed E-state index contributed by atoms with van der Waals surface area (Å²) in [5.74, 6) is 0. The Bertz CT molecular complexity index is 81.6. The van der Waals surface area contributed by atoms with Gasteiger partial charge in [-0.05, 0) is 6.92 Å². The molecule has 0 spiro atoms. The number of ether oxygens (including phenoxy) is 1. The molecule has 0 radical (unpaired) electrons. The van der Waals surface area contributed by atoms with Crippen LogP contribution in [-0.4, -0.2) is 43.8 Å². The van der Waals surface area contributed by atoms with Crippen LogP contribution >= 0.6 is 0 Å². The summed E-state index contributed by atoms with van der Waals surface area (Å²) in [6.45, 7) is 6.80. The maximum atomic E-state index is 5.38. The van der Waals surface area contributed by atoms with E-state index in [-0.39, 0.29) is 0 Å². The highest BCUT2D eigenvalue weighted by Crippen LogP contribution is 2.09. The smallest absolute Gasteiger partial charge is 0.0828 e. The van der Waals surface area contributed by atoms with Crippen molar-refractivity contribution in [3.63, 3.8) is 0 Å². The molecule has 1 rings (SSSR count). The van der Waals surface area contributed by atoms with E-state index in [4.69, 9.17) is 10.5 Å². The van der Waals surface area contributed by atoms with Gasteiger partial charge in [0.1, 0.15) is 0 Å². The highest BCUT2D eigenvalue weighted by molar-refractivity contribution is 4.80. The van der Waals surface area contributed by atoms with E-state index in [2.05, 4.69) is 4.90 Å². The van der Waals surface area contributed by atoms with Crippen LogP contribution in [0.2, 0.25) is 0 Å². The molecule has 0 aromatic heterocycles. The van der Waals surface area contributed by atoms with Gasteiger partial charge in [-0.25, -0.2) is 0 Å². The van der Waals surface area contributed by atoms with E-state index in [0.717, 1.165) is 32.8 Å². The van der Waals surface area contributed by atoms with E-state index in [1.54, 1.807) is 0 Å². The van der Waals surface area contributed by atoms with Crippen molar-refractivity contribution >= 4 is 0 Å². The van der Waals surface area contributed by atoms with Gasteiger partial charge in [0.25, 0.3) is 0 Å². The van der Waals surface area contributed by atoms with Crippen LogP contribution in [0.15, 0.2) is 0 Å². The van der Waals surface area contributed by atoms with Crippen molar-refractivity contribution in [2.24, 2.45) is 5.73 Å². The van der Waals surface area contributed by atoms with E-state index < -0.39 is 0 Å². The quantitative estimate of drug-likeness (QED) is 0.587. The molecule has 60 valence electrons. The minimum absolute atomic E-state index is 0.483. The Morgan fingerprint density at radius 2 is 2.30 bits per heavy atom. The van der Waals surface area contributed by atoms with Crippen molar-refractivity contribution in [1.82, 2.24) is 4.90 Å². The third-order valence-electron chi connectivity index (χ3n) is 1.77. The zero-order chi connectivity index (χ0) is 7.40. The van der Waals surface area contributed by atoms with Crippen molar-refractivity contribution in [3.8, 4) is 0 Å². The first-order valence-corrected chi connectivity index (χ1v) is 3.90. The SMILES string of the molecule is CCOC1CN(CCN)C1. The largest absolute Gasteiger partial charge is 0.376 e.